The SMILES string of the molecule is C[C@@H]1CN(C(=O)NC[C@@H]2CN(C)CCN2C)C[C@H](C)S1. The first kappa shape index (κ1) is 15.9. The fraction of sp³-hybridized carbons (Fsp3) is 0.929. The van der Waals surface area contributed by atoms with Crippen molar-refractivity contribution in [1.29, 1.82) is 0 Å². The van der Waals surface area contributed by atoms with Crippen LogP contribution in [0.5, 0.6) is 0 Å². The van der Waals surface area contributed by atoms with E-state index >= 15 is 0 Å². The number of hydrogen-bond acceptors (Lipinski definition) is 4. The molecule has 0 saturated carbocycles. The molecule has 2 fully saturated rings. The molecule has 1 N–H and O–H groups in total. The molecule has 0 aliphatic carbocycles. The summed E-state index contributed by atoms with van der Waals surface area (Å²) in [4.78, 5) is 18.9. The lowest BCUT2D eigenvalue weighted by Crippen LogP contribution is -2.56. The number of nitrogens with zero attached hydrogens (tertiary/aromatic N) is 3. The summed E-state index contributed by atoms with van der Waals surface area (Å²) in [6, 6.07) is 0.525. The van der Waals surface area contributed by atoms with Crippen molar-refractivity contribution in [3.8, 4) is 0 Å². The summed E-state index contributed by atoms with van der Waals surface area (Å²) in [6.07, 6.45) is 0. The number of likely N-dealkylation sites (N-methyl/N-ethyl adjacent to an activating group) is 2. The highest BCUT2D eigenvalue weighted by Gasteiger charge is 2.27. The molecule has 0 spiro atoms. The number of amides is 2. The molecule has 2 amide bonds. The van der Waals surface area contributed by atoms with Crippen LogP contribution >= 0.6 is 11.8 Å². The smallest absolute Gasteiger partial charge is 0.317 e. The minimum atomic E-state index is 0.102. The number of carbonyl (C=O) groups excluding carboxylic acids is 1. The lowest BCUT2D eigenvalue weighted by Gasteiger charge is -2.39. The summed E-state index contributed by atoms with van der Waals surface area (Å²) in [5.41, 5.74) is 0. The van der Waals surface area contributed by atoms with E-state index in [1.54, 1.807) is 0 Å². The predicted molar refractivity (Wildman–Crippen MR) is 85.4 cm³/mol. The molecule has 5 nitrogen and oxygen atoms in total. The molecule has 116 valence electrons. The van der Waals surface area contributed by atoms with Gasteiger partial charge in [0.15, 0.2) is 0 Å². The molecule has 0 radical (unpaired) electrons. The van der Waals surface area contributed by atoms with Crippen molar-refractivity contribution in [1.82, 2.24) is 20.0 Å². The Morgan fingerprint density at radius 2 is 1.80 bits per heavy atom. The molecule has 2 aliphatic rings. The zero-order valence-electron chi connectivity index (χ0n) is 13.1. The van der Waals surface area contributed by atoms with Gasteiger partial charge in [0.25, 0.3) is 0 Å². The maximum absolute atomic E-state index is 12.3. The van der Waals surface area contributed by atoms with E-state index in [2.05, 4.69) is 43.1 Å². The molecule has 2 aliphatic heterocycles. The van der Waals surface area contributed by atoms with Crippen LogP contribution in [0.15, 0.2) is 0 Å². The fourth-order valence-electron chi connectivity index (χ4n) is 2.98. The molecule has 6 heteroatoms. The van der Waals surface area contributed by atoms with Gasteiger partial charge in [-0.25, -0.2) is 4.79 Å². The van der Waals surface area contributed by atoms with Gasteiger partial charge in [-0.3, -0.25) is 4.90 Å². The van der Waals surface area contributed by atoms with E-state index in [1.165, 1.54) is 0 Å². The van der Waals surface area contributed by atoms with Gasteiger partial charge in [-0.15, -0.1) is 0 Å². The maximum atomic E-state index is 12.3. The van der Waals surface area contributed by atoms with Gasteiger partial charge in [-0.2, -0.15) is 11.8 Å². The van der Waals surface area contributed by atoms with Crippen LogP contribution in [0.4, 0.5) is 4.79 Å². The lowest BCUT2D eigenvalue weighted by molar-refractivity contribution is 0.112. The van der Waals surface area contributed by atoms with Gasteiger partial charge in [0.2, 0.25) is 0 Å². The first-order chi connectivity index (χ1) is 9.45. The van der Waals surface area contributed by atoms with Crippen LogP contribution in [0, 0.1) is 0 Å². The van der Waals surface area contributed by atoms with Crippen LogP contribution in [0.1, 0.15) is 13.8 Å². The van der Waals surface area contributed by atoms with Gasteiger partial charge in [0.05, 0.1) is 0 Å². The van der Waals surface area contributed by atoms with Crippen molar-refractivity contribution in [2.75, 3.05) is 53.4 Å². The van der Waals surface area contributed by atoms with Gasteiger partial charge in [0.1, 0.15) is 0 Å². The Balaban J connectivity index is 1.79. The van der Waals surface area contributed by atoms with Crippen LogP contribution in [0.25, 0.3) is 0 Å². The molecule has 2 heterocycles. The third-order valence-corrected chi connectivity index (χ3v) is 5.40. The zero-order chi connectivity index (χ0) is 14.7. The Labute approximate surface area is 127 Å². The fourth-order valence-corrected chi connectivity index (χ4v) is 4.31. The van der Waals surface area contributed by atoms with Crippen molar-refractivity contribution >= 4 is 17.8 Å². The topological polar surface area (TPSA) is 38.8 Å². The molecule has 0 aromatic heterocycles. The van der Waals surface area contributed by atoms with Crippen molar-refractivity contribution in [2.45, 2.75) is 30.4 Å². The summed E-state index contributed by atoms with van der Waals surface area (Å²) < 4.78 is 0. The van der Waals surface area contributed by atoms with E-state index in [0.29, 0.717) is 16.5 Å². The number of piperazine rings is 1. The second-order valence-corrected chi connectivity index (χ2v) is 8.13. The first-order valence-corrected chi connectivity index (χ1v) is 8.47. The highest BCUT2D eigenvalue weighted by molar-refractivity contribution is 8.00. The lowest BCUT2D eigenvalue weighted by atomic mass is 10.2. The van der Waals surface area contributed by atoms with Crippen molar-refractivity contribution in [3.05, 3.63) is 0 Å². The predicted octanol–water partition coefficient (Wildman–Crippen LogP) is 0.768. The van der Waals surface area contributed by atoms with Crippen LogP contribution in [0.2, 0.25) is 0 Å². The molecular weight excluding hydrogens is 272 g/mol. The molecule has 20 heavy (non-hydrogen) atoms. The molecule has 0 aromatic rings. The summed E-state index contributed by atoms with van der Waals surface area (Å²) in [7, 11) is 4.29. The van der Waals surface area contributed by atoms with Crippen LogP contribution in [0.3, 0.4) is 0 Å². The Hall–Kier alpha value is -0.460. The second kappa shape index (κ2) is 7.00. The molecule has 0 unspecified atom stereocenters. The minimum Gasteiger partial charge on any atom is -0.336 e. The number of nitrogens with one attached hydrogen (secondary N) is 1. The number of urea groups is 1. The Bertz CT molecular complexity index is 331. The molecule has 3 atom stereocenters. The summed E-state index contributed by atoms with van der Waals surface area (Å²) in [5, 5.41) is 4.19. The first-order valence-electron chi connectivity index (χ1n) is 7.52. The van der Waals surface area contributed by atoms with Gasteiger partial charge in [0, 0.05) is 55.8 Å². The highest BCUT2D eigenvalue weighted by atomic mass is 32.2. The number of carbonyl (C=O) groups is 1. The summed E-state index contributed by atoms with van der Waals surface area (Å²) in [5.74, 6) is 0. The summed E-state index contributed by atoms with van der Waals surface area (Å²) >= 11 is 1.97. The number of rotatable bonds is 2. The van der Waals surface area contributed by atoms with Crippen molar-refractivity contribution in [2.24, 2.45) is 0 Å². The highest BCUT2D eigenvalue weighted by Crippen LogP contribution is 2.24. The average Bonchev–Trinajstić information content (AvgIpc) is 2.38. The van der Waals surface area contributed by atoms with Crippen molar-refractivity contribution in [3.63, 3.8) is 0 Å². The van der Waals surface area contributed by atoms with Crippen molar-refractivity contribution < 1.29 is 4.79 Å². The quantitative estimate of drug-likeness (QED) is 0.817. The molecule has 0 bridgehead atoms. The Kier molecular flexibility index (Phi) is 5.57. The maximum Gasteiger partial charge on any atom is 0.317 e. The van der Waals surface area contributed by atoms with Gasteiger partial charge in [-0.05, 0) is 14.1 Å². The van der Waals surface area contributed by atoms with E-state index in [0.717, 1.165) is 39.3 Å². The van der Waals surface area contributed by atoms with E-state index in [-0.39, 0.29) is 6.03 Å². The standard InChI is InChI=1S/C14H28N4OS/c1-11-8-18(9-12(2)20-11)14(19)15-7-13-10-16(3)5-6-17(13)4/h11-13H,5-10H2,1-4H3,(H,15,19)/t11-,12+,13-/m1/s1. The third-order valence-electron chi connectivity index (χ3n) is 4.18. The van der Waals surface area contributed by atoms with Crippen LogP contribution in [-0.2, 0) is 0 Å². The zero-order valence-corrected chi connectivity index (χ0v) is 13.9. The van der Waals surface area contributed by atoms with Crippen LogP contribution in [-0.4, -0.2) is 90.6 Å². The van der Waals surface area contributed by atoms with E-state index in [1.807, 2.05) is 16.7 Å². The van der Waals surface area contributed by atoms with E-state index < -0.39 is 0 Å². The summed E-state index contributed by atoms with van der Waals surface area (Å²) in [6.45, 7) is 10.1. The molecular formula is C14H28N4OS. The number of hydrogen-bond donors (Lipinski definition) is 1. The molecule has 2 saturated heterocycles. The Morgan fingerprint density at radius 1 is 1.15 bits per heavy atom. The second-order valence-electron chi connectivity index (χ2n) is 6.25. The largest absolute Gasteiger partial charge is 0.336 e. The van der Waals surface area contributed by atoms with Gasteiger partial charge in [-0.1, -0.05) is 13.8 Å². The van der Waals surface area contributed by atoms with Gasteiger partial charge < -0.3 is 15.1 Å². The molecule has 2 rings (SSSR count). The monoisotopic (exact) mass is 300 g/mol. The molecule has 0 aromatic carbocycles. The normalized spacial score (nSPS) is 33.2. The average molecular weight is 300 g/mol. The van der Waals surface area contributed by atoms with E-state index in [9.17, 15) is 4.79 Å². The van der Waals surface area contributed by atoms with Gasteiger partial charge >= 0.3 is 6.03 Å². The van der Waals surface area contributed by atoms with E-state index in [4.69, 9.17) is 0 Å². The Morgan fingerprint density at radius 3 is 2.45 bits per heavy atom. The number of thioether (sulfide) groups is 1. The van der Waals surface area contributed by atoms with Crippen LogP contribution < -0.4 is 5.32 Å². The third kappa shape index (κ3) is 4.27. The minimum absolute atomic E-state index is 0.102.